The molecule has 0 radical (unpaired) electrons. The van der Waals surface area contributed by atoms with Crippen molar-refractivity contribution in [3.05, 3.63) is 0 Å². The van der Waals surface area contributed by atoms with Crippen LogP contribution in [0.25, 0.3) is 0 Å². The van der Waals surface area contributed by atoms with Crippen molar-refractivity contribution < 1.29 is 4.79 Å². The summed E-state index contributed by atoms with van der Waals surface area (Å²) in [5.74, 6) is 0. The summed E-state index contributed by atoms with van der Waals surface area (Å²) in [6.45, 7) is 0.659. The van der Waals surface area contributed by atoms with Crippen LogP contribution < -0.4 is 5.73 Å². The molecule has 9 heavy (non-hydrogen) atoms. The van der Waals surface area contributed by atoms with E-state index in [0.29, 0.717) is 6.54 Å². The standard InChI is InChI=1S/C5H9N3O/c6-5(9)8-4-2-1-3-7-8/h3H,1-2,4H2,(H2,6,9). The number of carbonyl (C=O) groups is 1. The largest absolute Gasteiger partial charge is 0.350 e. The van der Waals surface area contributed by atoms with Crippen LogP contribution in [-0.2, 0) is 0 Å². The molecular formula is C5H9N3O. The molecule has 1 aliphatic heterocycles. The van der Waals surface area contributed by atoms with E-state index < -0.39 is 6.03 Å². The van der Waals surface area contributed by atoms with E-state index in [1.807, 2.05) is 0 Å². The molecule has 0 aromatic rings. The molecule has 0 fully saturated rings. The lowest BCUT2D eigenvalue weighted by Gasteiger charge is -2.16. The third kappa shape index (κ3) is 1.42. The highest BCUT2D eigenvalue weighted by Crippen LogP contribution is 1.99. The van der Waals surface area contributed by atoms with E-state index in [1.165, 1.54) is 5.01 Å². The smallest absolute Gasteiger partial charge is 0.335 e. The molecule has 0 bridgehead atoms. The second-order valence-corrected chi connectivity index (χ2v) is 1.90. The molecule has 0 aromatic heterocycles. The molecule has 4 nitrogen and oxygen atoms in total. The Morgan fingerprint density at radius 1 is 1.78 bits per heavy atom. The molecule has 4 heteroatoms. The Labute approximate surface area is 53.3 Å². The number of nitrogens with zero attached hydrogens (tertiary/aromatic N) is 2. The molecule has 0 saturated heterocycles. The monoisotopic (exact) mass is 127 g/mol. The quantitative estimate of drug-likeness (QED) is 0.494. The lowest BCUT2D eigenvalue weighted by Crippen LogP contribution is -2.33. The predicted molar refractivity (Wildman–Crippen MR) is 34.0 cm³/mol. The van der Waals surface area contributed by atoms with E-state index in [9.17, 15) is 4.79 Å². The molecule has 0 spiro atoms. The second kappa shape index (κ2) is 2.48. The van der Waals surface area contributed by atoms with Crippen molar-refractivity contribution in [1.82, 2.24) is 5.01 Å². The predicted octanol–water partition coefficient (Wildman–Crippen LogP) is 0.147. The van der Waals surface area contributed by atoms with Crippen molar-refractivity contribution in [3.8, 4) is 0 Å². The van der Waals surface area contributed by atoms with Gasteiger partial charge in [-0.2, -0.15) is 5.10 Å². The highest BCUT2D eigenvalue weighted by Gasteiger charge is 2.08. The maximum absolute atomic E-state index is 10.4. The lowest BCUT2D eigenvalue weighted by molar-refractivity contribution is 0.207. The van der Waals surface area contributed by atoms with E-state index >= 15 is 0 Å². The Kier molecular flexibility index (Phi) is 1.67. The van der Waals surface area contributed by atoms with Crippen LogP contribution in [0.1, 0.15) is 12.8 Å². The van der Waals surface area contributed by atoms with Gasteiger partial charge in [0.2, 0.25) is 0 Å². The fourth-order valence-electron chi connectivity index (χ4n) is 0.713. The first-order valence-electron chi connectivity index (χ1n) is 2.90. The number of nitrogens with two attached hydrogens (primary N) is 1. The van der Waals surface area contributed by atoms with Crippen molar-refractivity contribution in [2.24, 2.45) is 10.8 Å². The molecule has 1 aliphatic rings. The molecule has 2 amide bonds. The van der Waals surface area contributed by atoms with Gasteiger partial charge in [-0.1, -0.05) is 0 Å². The molecule has 0 aliphatic carbocycles. The highest BCUT2D eigenvalue weighted by atomic mass is 16.2. The number of hydrogen-bond donors (Lipinski definition) is 1. The van der Waals surface area contributed by atoms with E-state index in [0.717, 1.165) is 12.8 Å². The zero-order valence-electron chi connectivity index (χ0n) is 5.08. The molecule has 0 unspecified atom stereocenters. The summed E-state index contributed by atoms with van der Waals surface area (Å²) in [5.41, 5.74) is 4.94. The molecule has 0 atom stereocenters. The minimum atomic E-state index is -0.467. The zero-order valence-corrected chi connectivity index (χ0v) is 5.08. The minimum absolute atomic E-state index is 0.467. The van der Waals surface area contributed by atoms with E-state index in [4.69, 9.17) is 5.73 Å². The van der Waals surface area contributed by atoms with Crippen LogP contribution in [0.5, 0.6) is 0 Å². The fourth-order valence-corrected chi connectivity index (χ4v) is 0.713. The van der Waals surface area contributed by atoms with Gasteiger partial charge in [-0.25, -0.2) is 9.80 Å². The summed E-state index contributed by atoms with van der Waals surface area (Å²) in [6.07, 6.45) is 3.62. The molecule has 50 valence electrons. The number of hydrogen-bond acceptors (Lipinski definition) is 2. The summed E-state index contributed by atoms with van der Waals surface area (Å²) in [4.78, 5) is 10.4. The van der Waals surface area contributed by atoms with Crippen LogP contribution in [0, 0.1) is 0 Å². The Bertz CT molecular complexity index is 143. The van der Waals surface area contributed by atoms with Gasteiger partial charge < -0.3 is 5.73 Å². The summed E-state index contributed by atoms with van der Waals surface area (Å²) in [6, 6.07) is -0.467. The first-order chi connectivity index (χ1) is 4.30. The molecule has 2 N–H and O–H groups in total. The van der Waals surface area contributed by atoms with Crippen LogP contribution in [0.2, 0.25) is 0 Å². The maximum atomic E-state index is 10.4. The third-order valence-electron chi connectivity index (χ3n) is 1.18. The maximum Gasteiger partial charge on any atom is 0.335 e. The Hall–Kier alpha value is -1.06. The van der Waals surface area contributed by atoms with Gasteiger partial charge in [0.25, 0.3) is 0 Å². The number of hydrazone groups is 1. The summed E-state index contributed by atoms with van der Waals surface area (Å²) < 4.78 is 0. The van der Waals surface area contributed by atoms with Crippen LogP contribution in [0.4, 0.5) is 4.79 Å². The second-order valence-electron chi connectivity index (χ2n) is 1.90. The van der Waals surface area contributed by atoms with Gasteiger partial charge in [0.05, 0.1) is 0 Å². The summed E-state index contributed by atoms with van der Waals surface area (Å²) in [5, 5.41) is 5.03. The lowest BCUT2D eigenvalue weighted by atomic mass is 10.3. The molecule has 0 saturated carbocycles. The van der Waals surface area contributed by atoms with E-state index in [1.54, 1.807) is 6.21 Å². The Balaban J connectivity index is 2.50. The number of urea groups is 1. The minimum Gasteiger partial charge on any atom is -0.350 e. The average Bonchev–Trinajstić information content (AvgIpc) is 1.90. The van der Waals surface area contributed by atoms with Crippen LogP contribution in [0.3, 0.4) is 0 Å². The van der Waals surface area contributed by atoms with E-state index in [2.05, 4.69) is 5.10 Å². The molecule has 0 aromatic carbocycles. The first kappa shape index (κ1) is 6.07. The molecule has 1 heterocycles. The molecular weight excluding hydrogens is 118 g/mol. The normalized spacial score (nSPS) is 18.0. The van der Waals surface area contributed by atoms with Crippen LogP contribution >= 0.6 is 0 Å². The number of rotatable bonds is 0. The summed E-state index contributed by atoms with van der Waals surface area (Å²) in [7, 11) is 0. The first-order valence-corrected chi connectivity index (χ1v) is 2.90. The Morgan fingerprint density at radius 2 is 2.56 bits per heavy atom. The SMILES string of the molecule is NC(=O)N1CCCC=N1. The van der Waals surface area contributed by atoms with Gasteiger partial charge in [0, 0.05) is 12.8 Å². The van der Waals surface area contributed by atoms with Gasteiger partial charge in [-0.05, 0) is 12.8 Å². The average molecular weight is 127 g/mol. The van der Waals surface area contributed by atoms with Gasteiger partial charge in [-0.15, -0.1) is 0 Å². The van der Waals surface area contributed by atoms with Gasteiger partial charge in [0.1, 0.15) is 0 Å². The Morgan fingerprint density at radius 3 is 2.89 bits per heavy atom. The van der Waals surface area contributed by atoms with Crippen molar-refractivity contribution in [2.45, 2.75) is 12.8 Å². The fraction of sp³-hybridized carbons (Fsp3) is 0.600. The van der Waals surface area contributed by atoms with Crippen molar-refractivity contribution >= 4 is 12.2 Å². The topological polar surface area (TPSA) is 58.7 Å². The van der Waals surface area contributed by atoms with Crippen molar-refractivity contribution in [3.63, 3.8) is 0 Å². The van der Waals surface area contributed by atoms with Crippen LogP contribution in [0.15, 0.2) is 5.10 Å². The van der Waals surface area contributed by atoms with Crippen LogP contribution in [-0.4, -0.2) is 23.8 Å². The highest BCUT2D eigenvalue weighted by molar-refractivity contribution is 5.73. The van der Waals surface area contributed by atoms with Gasteiger partial charge in [-0.3, -0.25) is 0 Å². The number of primary amides is 1. The van der Waals surface area contributed by atoms with Gasteiger partial charge in [0.15, 0.2) is 0 Å². The number of amides is 2. The number of carbonyl (C=O) groups excluding carboxylic acids is 1. The van der Waals surface area contributed by atoms with Crippen molar-refractivity contribution in [1.29, 1.82) is 0 Å². The summed E-state index contributed by atoms with van der Waals surface area (Å²) >= 11 is 0. The third-order valence-corrected chi connectivity index (χ3v) is 1.18. The van der Waals surface area contributed by atoms with E-state index in [-0.39, 0.29) is 0 Å². The van der Waals surface area contributed by atoms with Crippen molar-refractivity contribution in [2.75, 3.05) is 6.54 Å². The molecule has 1 rings (SSSR count). The zero-order chi connectivity index (χ0) is 6.69. The van der Waals surface area contributed by atoms with Gasteiger partial charge >= 0.3 is 6.03 Å².